The molecule has 0 fully saturated rings. The Kier molecular flexibility index (Phi) is 5.51. The Labute approximate surface area is 133 Å². The molecule has 7 heteroatoms. The zero-order valence-corrected chi connectivity index (χ0v) is 12.4. The number of hydrogen-bond acceptors (Lipinski definition) is 4. The SMILES string of the molecule is O=C(O)N(CCNc1ccccc1[N+](=O)[O-])Cc1ccccc1. The highest BCUT2D eigenvalue weighted by atomic mass is 16.6. The summed E-state index contributed by atoms with van der Waals surface area (Å²) in [6, 6.07) is 15.5. The number of nitrogens with zero attached hydrogens (tertiary/aromatic N) is 2. The van der Waals surface area contributed by atoms with Crippen LogP contribution < -0.4 is 5.32 Å². The van der Waals surface area contributed by atoms with Crippen LogP contribution in [0, 0.1) is 10.1 Å². The summed E-state index contributed by atoms with van der Waals surface area (Å²) in [6.45, 7) is 0.773. The number of rotatable bonds is 7. The number of nitro groups is 1. The lowest BCUT2D eigenvalue weighted by molar-refractivity contribution is -0.384. The first kappa shape index (κ1) is 16.3. The summed E-state index contributed by atoms with van der Waals surface area (Å²) >= 11 is 0. The van der Waals surface area contributed by atoms with E-state index in [2.05, 4.69) is 5.32 Å². The van der Waals surface area contributed by atoms with Crippen molar-refractivity contribution in [3.63, 3.8) is 0 Å². The third kappa shape index (κ3) is 4.70. The van der Waals surface area contributed by atoms with Gasteiger partial charge >= 0.3 is 6.09 Å². The fourth-order valence-electron chi connectivity index (χ4n) is 2.15. The lowest BCUT2D eigenvalue weighted by Gasteiger charge is -2.19. The van der Waals surface area contributed by atoms with Crippen LogP contribution in [-0.2, 0) is 6.54 Å². The predicted octanol–water partition coefficient (Wildman–Crippen LogP) is 3.19. The van der Waals surface area contributed by atoms with Crippen molar-refractivity contribution in [1.29, 1.82) is 0 Å². The van der Waals surface area contributed by atoms with E-state index in [1.54, 1.807) is 18.2 Å². The molecular weight excluding hydrogens is 298 g/mol. The summed E-state index contributed by atoms with van der Waals surface area (Å²) in [5, 5.41) is 23.1. The van der Waals surface area contributed by atoms with E-state index >= 15 is 0 Å². The van der Waals surface area contributed by atoms with Gasteiger partial charge in [-0.2, -0.15) is 0 Å². The van der Waals surface area contributed by atoms with Crippen molar-refractivity contribution in [1.82, 2.24) is 4.90 Å². The lowest BCUT2D eigenvalue weighted by Crippen LogP contribution is -2.33. The topological polar surface area (TPSA) is 95.7 Å². The highest BCUT2D eigenvalue weighted by Gasteiger charge is 2.14. The van der Waals surface area contributed by atoms with Crippen molar-refractivity contribution in [3.05, 3.63) is 70.3 Å². The molecule has 2 aromatic rings. The normalized spacial score (nSPS) is 10.1. The molecule has 0 bridgehead atoms. The second-order valence-electron chi connectivity index (χ2n) is 4.89. The second kappa shape index (κ2) is 7.79. The van der Waals surface area contributed by atoms with Crippen molar-refractivity contribution in [2.75, 3.05) is 18.4 Å². The standard InChI is InChI=1S/C16H17N3O4/c20-16(21)18(12-13-6-2-1-3-7-13)11-10-17-14-8-4-5-9-15(14)19(22)23/h1-9,17H,10-12H2,(H,20,21). The van der Waals surface area contributed by atoms with Gasteiger partial charge in [-0.15, -0.1) is 0 Å². The van der Waals surface area contributed by atoms with E-state index in [1.165, 1.54) is 11.0 Å². The molecular formula is C16H17N3O4. The largest absolute Gasteiger partial charge is 0.465 e. The molecule has 2 rings (SSSR count). The summed E-state index contributed by atoms with van der Waals surface area (Å²) in [6.07, 6.45) is -1.03. The van der Waals surface area contributed by atoms with Crippen molar-refractivity contribution >= 4 is 17.5 Å². The fraction of sp³-hybridized carbons (Fsp3) is 0.188. The maximum absolute atomic E-state index is 11.3. The Morgan fingerprint density at radius 3 is 2.43 bits per heavy atom. The number of nitrogens with one attached hydrogen (secondary N) is 1. The van der Waals surface area contributed by atoms with E-state index in [0.717, 1.165) is 5.56 Å². The number of para-hydroxylation sites is 2. The van der Waals surface area contributed by atoms with Crippen molar-refractivity contribution in [2.24, 2.45) is 0 Å². The Morgan fingerprint density at radius 2 is 1.78 bits per heavy atom. The van der Waals surface area contributed by atoms with Crippen molar-refractivity contribution < 1.29 is 14.8 Å². The summed E-state index contributed by atoms with van der Waals surface area (Å²) in [7, 11) is 0. The molecule has 2 N–H and O–H groups in total. The average Bonchev–Trinajstić information content (AvgIpc) is 2.55. The van der Waals surface area contributed by atoms with Gasteiger partial charge in [-0.05, 0) is 11.6 Å². The van der Waals surface area contributed by atoms with Gasteiger partial charge in [0.05, 0.1) is 4.92 Å². The van der Waals surface area contributed by atoms with Crippen LogP contribution in [0.15, 0.2) is 54.6 Å². The number of amides is 1. The summed E-state index contributed by atoms with van der Waals surface area (Å²) in [5.74, 6) is 0. The van der Waals surface area contributed by atoms with Crippen LogP contribution in [-0.4, -0.2) is 34.1 Å². The molecule has 0 aromatic heterocycles. The van der Waals surface area contributed by atoms with Gasteiger partial charge in [0, 0.05) is 25.7 Å². The molecule has 2 aromatic carbocycles. The maximum atomic E-state index is 11.3. The first-order chi connectivity index (χ1) is 11.1. The van der Waals surface area contributed by atoms with E-state index in [9.17, 15) is 20.0 Å². The van der Waals surface area contributed by atoms with Crippen LogP contribution in [0.1, 0.15) is 5.56 Å². The molecule has 23 heavy (non-hydrogen) atoms. The smallest absolute Gasteiger partial charge is 0.407 e. The third-order valence-corrected chi connectivity index (χ3v) is 3.28. The average molecular weight is 315 g/mol. The van der Waals surface area contributed by atoms with Crippen LogP contribution in [0.25, 0.3) is 0 Å². The molecule has 0 aliphatic heterocycles. The van der Waals surface area contributed by atoms with Gasteiger partial charge in [-0.3, -0.25) is 10.1 Å². The first-order valence-corrected chi connectivity index (χ1v) is 7.07. The Hall–Kier alpha value is -3.09. The minimum absolute atomic E-state index is 0.0302. The van der Waals surface area contributed by atoms with E-state index in [4.69, 9.17) is 0 Å². The summed E-state index contributed by atoms with van der Waals surface area (Å²) < 4.78 is 0. The predicted molar refractivity (Wildman–Crippen MR) is 86.5 cm³/mol. The first-order valence-electron chi connectivity index (χ1n) is 7.07. The molecule has 0 unspecified atom stereocenters. The van der Waals surface area contributed by atoms with Gasteiger partial charge in [-0.25, -0.2) is 4.79 Å². The van der Waals surface area contributed by atoms with Gasteiger partial charge in [0.2, 0.25) is 0 Å². The molecule has 0 aliphatic carbocycles. The Morgan fingerprint density at radius 1 is 1.13 bits per heavy atom. The van der Waals surface area contributed by atoms with Crippen LogP contribution in [0.2, 0.25) is 0 Å². The minimum Gasteiger partial charge on any atom is -0.465 e. The van der Waals surface area contributed by atoms with Crippen LogP contribution in [0.5, 0.6) is 0 Å². The van der Waals surface area contributed by atoms with E-state index in [0.29, 0.717) is 5.69 Å². The summed E-state index contributed by atoms with van der Waals surface area (Å²) in [5.41, 5.74) is 1.24. The lowest BCUT2D eigenvalue weighted by atomic mass is 10.2. The minimum atomic E-state index is -1.03. The van der Waals surface area contributed by atoms with Crippen LogP contribution >= 0.6 is 0 Å². The monoisotopic (exact) mass is 315 g/mol. The zero-order valence-electron chi connectivity index (χ0n) is 12.4. The molecule has 0 heterocycles. The molecule has 0 saturated heterocycles. The number of benzene rings is 2. The van der Waals surface area contributed by atoms with E-state index in [1.807, 2.05) is 30.3 Å². The molecule has 1 amide bonds. The molecule has 0 aliphatic rings. The van der Waals surface area contributed by atoms with Gasteiger partial charge < -0.3 is 15.3 Å². The fourth-order valence-corrected chi connectivity index (χ4v) is 2.15. The number of hydrogen-bond donors (Lipinski definition) is 2. The van der Waals surface area contributed by atoms with Crippen molar-refractivity contribution in [3.8, 4) is 0 Å². The third-order valence-electron chi connectivity index (χ3n) is 3.28. The number of nitro benzene ring substituents is 1. The molecule has 7 nitrogen and oxygen atoms in total. The highest BCUT2D eigenvalue weighted by molar-refractivity contribution is 5.65. The molecule has 0 radical (unpaired) electrons. The highest BCUT2D eigenvalue weighted by Crippen LogP contribution is 2.22. The van der Waals surface area contributed by atoms with Crippen LogP contribution in [0.3, 0.4) is 0 Å². The van der Waals surface area contributed by atoms with E-state index in [-0.39, 0.29) is 25.3 Å². The number of carbonyl (C=O) groups is 1. The van der Waals surface area contributed by atoms with Gasteiger partial charge in [0.15, 0.2) is 0 Å². The molecule has 0 atom stereocenters. The van der Waals surface area contributed by atoms with Crippen LogP contribution in [0.4, 0.5) is 16.2 Å². The molecule has 120 valence electrons. The van der Waals surface area contributed by atoms with Gasteiger partial charge in [0.1, 0.15) is 5.69 Å². The van der Waals surface area contributed by atoms with Crippen molar-refractivity contribution in [2.45, 2.75) is 6.54 Å². The number of anilines is 1. The van der Waals surface area contributed by atoms with Gasteiger partial charge in [0.25, 0.3) is 5.69 Å². The molecule has 0 saturated carbocycles. The summed E-state index contributed by atoms with van der Waals surface area (Å²) in [4.78, 5) is 23.0. The van der Waals surface area contributed by atoms with E-state index < -0.39 is 11.0 Å². The second-order valence-corrected chi connectivity index (χ2v) is 4.89. The number of carboxylic acid groups (broad SMARTS) is 1. The zero-order chi connectivity index (χ0) is 16.7. The maximum Gasteiger partial charge on any atom is 0.407 e. The quantitative estimate of drug-likeness (QED) is 0.604. The Bertz CT molecular complexity index is 676. The Balaban J connectivity index is 1.95. The van der Waals surface area contributed by atoms with Gasteiger partial charge in [-0.1, -0.05) is 42.5 Å². The molecule has 0 spiro atoms.